The zero-order valence-electron chi connectivity index (χ0n) is 39.2. The molecule has 322 valence electrons. The Balaban J connectivity index is 2.26. The SMILES string of the molecule is CCCCCCCCCCCCCCCCCCCC[P+](F)(Oc1c(C(C)(C)C)cc(OC)cc1C(C)(C)C)Oc1c(C(C)(C)C)cc(OC)cc1C(C)(C)C. The molecule has 0 bridgehead atoms. The molecule has 0 N–H and O–H groups in total. The summed E-state index contributed by atoms with van der Waals surface area (Å²) in [5, 5.41) is 0. The van der Waals surface area contributed by atoms with Crippen LogP contribution in [0.2, 0.25) is 0 Å². The first-order valence-corrected chi connectivity index (χ1v) is 24.2. The van der Waals surface area contributed by atoms with Crippen LogP contribution in [0.15, 0.2) is 24.3 Å². The molecule has 0 saturated carbocycles. The van der Waals surface area contributed by atoms with E-state index < -0.39 is 8.03 Å². The minimum Gasteiger partial charge on any atom is -0.497 e. The highest BCUT2D eigenvalue weighted by Crippen LogP contribution is 2.66. The molecular formula is C50H87FO4P+. The van der Waals surface area contributed by atoms with E-state index in [0.29, 0.717) is 17.9 Å². The summed E-state index contributed by atoms with van der Waals surface area (Å²) in [5.41, 5.74) is 2.40. The highest BCUT2D eigenvalue weighted by Gasteiger charge is 2.51. The van der Waals surface area contributed by atoms with E-state index in [0.717, 1.165) is 46.6 Å². The van der Waals surface area contributed by atoms with Gasteiger partial charge in [0.1, 0.15) is 11.5 Å². The Morgan fingerprint density at radius 3 is 0.857 bits per heavy atom. The zero-order valence-corrected chi connectivity index (χ0v) is 40.1. The molecule has 0 aliphatic rings. The number of methoxy groups -OCH3 is 2. The van der Waals surface area contributed by atoms with Gasteiger partial charge in [0, 0.05) is 26.5 Å². The highest BCUT2D eigenvalue weighted by atomic mass is 31.2. The number of hydrogen-bond acceptors (Lipinski definition) is 4. The van der Waals surface area contributed by atoms with E-state index in [2.05, 4.69) is 90.0 Å². The summed E-state index contributed by atoms with van der Waals surface area (Å²) in [6, 6.07) is 8.06. The normalized spacial score (nSPS) is 12.9. The largest absolute Gasteiger partial charge is 0.549 e. The molecule has 0 heterocycles. The van der Waals surface area contributed by atoms with E-state index in [1.165, 1.54) is 96.3 Å². The number of rotatable bonds is 25. The van der Waals surface area contributed by atoms with Crippen LogP contribution in [-0.4, -0.2) is 20.4 Å². The molecule has 0 spiro atoms. The van der Waals surface area contributed by atoms with Crippen molar-refractivity contribution in [3.05, 3.63) is 46.5 Å². The van der Waals surface area contributed by atoms with Crippen molar-refractivity contribution in [2.75, 3.05) is 20.4 Å². The molecule has 0 aromatic heterocycles. The molecule has 0 radical (unpaired) electrons. The predicted molar refractivity (Wildman–Crippen MR) is 244 cm³/mol. The van der Waals surface area contributed by atoms with Crippen molar-refractivity contribution >= 4 is 8.03 Å². The molecule has 6 heteroatoms. The third-order valence-corrected chi connectivity index (χ3v) is 12.8. The molecule has 2 aromatic rings. The minimum atomic E-state index is -4.02. The second-order valence-corrected chi connectivity index (χ2v) is 22.6. The smallest absolute Gasteiger partial charge is 0.497 e. The lowest BCUT2D eigenvalue weighted by Crippen LogP contribution is -2.23. The van der Waals surface area contributed by atoms with Gasteiger partial charge in [-0.1, -0.05) is 193 Å². The molecule has 0 unspecified atom stereocenters. The summed E-state index contributed by atoms with van der Waals surface area (Å²) in [6.45, 7) is 28.1. The number of benzene rings is 2. The summed E-state index contributed by atoms with van der Waals surface area (Å²) in [4.78, 5) is 0. The lowest BCUT2D eigenvalue weighted by molar-refractivity contribution is 0.366. The summed E-state index contributed by atoms with van der Waals surface area (Å²) >= 11 is 0. The van der Waals surface area contributed by atoms with Gasteiger partial charge < -0.3 is 9.47 Å². The Labute approximate surface area is 346 Å². The van der Waals surface area contributed by atoms with Crippen molar-refractivity contribution in [3.8, 4) is 23.0 Å². The third kappa shape index (κ3) is 17.1. The summed E-state index contributed by atoms with van der Waals surface area (Å²) < 4.78 is 43.6. The Bertz CT molecular complexity index is 1270. The van der Waals surface area contributed by atoms with Crippen LogP contribution in [0.3, 0.4) is 0 Å². The van der Waals surface area contributed by atoms with Crippen molar-refractivity contribution in [1.82, 2.24) is 0 Å². The molecule has 4 nitrogen and oxygen atoms in total. The molecule has 0 saturated heterocycles. The Hall–Kier alpha value is -2.00. The van der Waals surface area contributed by atoms with Gasteiger partial charge in [-0.3, -0.25) is 9.05 Å². The third-order valence-electron chi connectivity index (χ3n) is 11.1. The lowest BCUT2D eigenvalue weighted by atomic mass is 9.79. The maximum atomic E-state index is 18.3. The monoisotopic (exact) mass is 802 g/mol. The minimum absolute atomic E-state index is 0.226. The van der Waals surface area contributed by atoms with E-state index in [1.807, 2.05) is 24.3 Å². The van der Waals surface area contributed by atoms with E-state index in [1.54, 1.807) is 14.2 Å². The Morgan fingerprint density at radius 2 is 0.643 bits per heavy atom. The number of hydrogen-bond donors (Lipinski definition) is 0. The van der Waals surface area contributed by atoms with Gasteiger partial charge in [-0.25, -0.2) is 0 Å². The molecule has 0 aliphatic heterocycles. The van der Waals surface area contributed by atoms with Crippen LogP contribution in [0.25, 0.3) is 0 Å². The van der Waals surface area contributed by atoms with Crippen LogP contribution >= 0.6 is 8.03 Å². The average molecular weight is 802 g/mol. The standard InChI is InChI=1S/C50H87FO4P/c1-16-17-18-19-20-21-22-23-24-25-26-27-28-29-30-31-32-33-34-56(51,54-45-41(47(2,3)4)35-39(52-14)36-42(45)48(5,6)7)55-46-43(49(8,9)10)37-40(53-15)38-44(46)50(11,12)13/h35-38H,16-34H2,1-15H3/q+1. The first-order chi connectivity index (χ1) is 26.1. The molecule has 2 aromatic carbocycles. The van der Waals surface area contributed by atoms with Crippen molar-refractivity contribution in [1.29, 1.82) is 0 Å². The van der Waals surface area contributed by atoms with Gasteiger partial charge >= 0.3 is 8.03 Å². The van der Waals surface area contributed by atoms with Crippen LogP contribution in [-0.2, 0) is 21.7 Å². The highest BCUT2D eigenvalue weighted by molar-refractivity contribution is 7.62. The van der Waals surface area contributed by atoms with Crippen molar-refractivity contribution < 1.29 is 22.7 Å². The van der Waals surface area contributed by atoms with Crippen molar-refractivity contribution in [2.24, 2.45) is 0 Å². The average Bonchev–Trinajstić information content (AvgIpc) is 3.09. The lowest BCUT2D eigenvalue weighted by Gasteiger charge is -2.32. The van der Waals surface area contributed by atoms with Gasteiger partial charge in [0.05, 0.1) is 14.2 Å². The van der Waals surface area contributed by atoms with Crippen LogP contribution in [0, 0.1) is 0 Å². The molecule has 2 rings (SSSR count). The van der Waals surface area contributed by atoms with Gasteiger partial charge in [-0.15, -0.1) is 0 Å². The maximum absolute atomic E-state index is 18.3. The summed E-state index contributed by atoms with van der Waals surface area (Å²) in [6.07, 6.45) is 23.4. The molecule has 0 aliphatic carbocycles. The first kappa shape index (κ1) is 50.1. The molecule has 0 fully saturated rings. The van der Waals surface area contributed by atoms with Crippen LogP contribution in [0.1, 0.15) is 228 Å². The Kier molecular flexibility index (Phi) is 20.6. The summed E-state index contributed by atoms with van der Waals surface area (Å²) in [7, 11) is -0.641. The van der Waals surface area contributed by atoms with Crippen LogP contribution in [0.5, 0.6) is 23.0 Å². The van der Waals surface area contributed by atoms with Gasteiger partial charge in [-0.2, -0.15) is 0 Å². The van der Waals surface area contributed by atoms with E-state index in [-0.39, 0.29) is 27.8 Å². The van der Waals surface area contributed by atoms with Crippen LogP contribution in [0.4, 0.5) is 4.20 Å². The predicted octanol–water partition coefficient (Wildman–Crippen LogP) is 17.1. The topological polar surface area (TPSA) is 36.9 Å². The van der Waals surface area contributed by atoms with Gasteiger partial charge in [0.15, 0.2) is 17.7 Å². The molecular weight excluding hydrogens is 715 g/mol. The second-order valence-electron chi connectivity index (χ2n) is 20.6. The fourth-order valence-electron chi connectivity index (χ4n) is 7.45. The van der Waals surface area contributed by atoms with E-state index in [9.17, 15) is 0 Å². The Morgan fingerprint density at radius 1 is 0.411 bits per heavy atom. The zero-order chi connectivity index (χ0) is 42.2. The van der Waals surface area contributed by atoms with Gasteiger partial charge in [-0.05, 0) is 58.8 Å². The summed E-state index contributed by atoms with van der Waals surface area (Å²) in [5.74, 6) is 2.68. The van der Waals surface area contributed by atoms with Crippen molar-refractivity contribution in [2.45, 2.75) is 227 Å². The van der Waals surface area contributed by atoms with E-state index >= 15 is 4.20 Å². The quantitative estimate of drug-likeness (QED) is 0.0740. The van der Waals surface area contributed by atoms with Crippen LogP contribution < -0.4 is 18.5 Å². The number of unbranched alkanes of at least 4 members (excludes halogenated alkanes) is 17. The molecule has 56 heavy (non-hydrogen) atoms. The number of halogens is 1. The maximum Gasteiger partial charge on any atom is 0.549 e. The van der Waals surface area contributed by atoms with Gasteiger partial charge in [0.25, 0.3) is 0 Å². The molecule has 0 atom stereocenters. The first-order valence-electron chi connectivity index (χ1n) is 22.5. The fourth-order valence-corrected chi connectivity index (χ4v) is 9.21. The second kappa shape index (κ2) is 23.0. The van der Waals surface area contributed by atoms with E-state index in [4.69, 9.17) is 18.5 Å². The fraction of sp³-hybridized carbons (Fsp3) is 0.760. The number of ether oxygens (including phenoxy) is 2. The molecule has 0 amide bonds. The van der Waals surface area contributed by atoms with Crippen molar-refractivity contribution in [3.63, 3.8) is 0 Å². The van der Waals surface area contributed by atoms with Gasteiger partial charge in [0.2, 0.25) is 0 Å².